The largest absolute Gasteiger partial charge is 0.417 e. The summed E-state index contributed by atoms with van der Waals surface area (Å²) in [7, 11) is 0. The van der Waals surface area contributed by atoms with Crippen LogP contribution in [-0.2, 0) is 17.5 Å². The van der Waals surface area contributed by atoms with Gasteiger partial charge in [-0.2, -0.15) is 18.2 Å². The number of amides is 1. The molecule has 6 rings (SSSR count). The first-order valence-corrected chi connectivity index (χ1v) is 15.6. The quantitative estimate of drug-likeness (QED) is 0.278. The van der Waals surface area contributed by atoms with E-state index in [0.29, 0.717) is 11.8 Å². The lowest BCUT2D eigenvalue weighted by Gasteiger charge is -2.44. The maximum atomic E-state index is 15.3. The number of carbonyl (C=O) groups excluding carboxylic acids is 1. The van der Waals surface area contributed by atoms with Gasteiger partial charge in [-0.05, 0) is 64.1 Å². The minimum Gasteiger partial charge on any atom is -0.352 e. The lowest BCUT2D eigenvalue weighted by atomic mass is 9.95. The van der Waals surface area contributed by atoms with E-state index >= 15 is 4.39 Å². The predicted molar refractivity (Wildman–Crippen MR) is 160 cm³/mol. The van der Waals surface area contributed by atoms with Crippen molar-refractivity contribution in [2.45, 2.75) is 62.4 Å². The monoisotopic (exact) mass is 633 g/mol. The molecule has 0 aliphatic carbocycles. The third-order valence-electron chi connectivity index (χ3n) is 8.82. The van der Waals surface area contributed by atoms with Crippen LogP contribution in [0.25, 0.3) is 22.0 Å². The minimum atomic E-state index is -4.91. The highest BCUT2D eigenvalue weighted by Crippen LogP contribution is 2.49. The molecular formula is C31H32F5N5O2S. The zero-order chi connectivity index (χ0) is 31.5. The molecule has 0 bridgehead atoms. The number of thioether (sulfide) groups is 1. The van der Waals surface area contributed by atoms with Crippen LogP contribution in [0.1, 0.15) is 32.3 Å². The van der Waals surface area contributed by atoms with Gasteiger partial charge in [0.1, 0.15) is 17.5 Å². The van der Waals surface area contributed by atoms with E-state index < -0.39 is 34.6 Å². The van der Waals surface area contributed by atoms with Crippen molar-refractivity contribution < 1.29 is 26.7 Å². The van der Waals surface area contributed by atoms with E-state index in [4.69, 9.17) is 0 Å². The molecule has 3 aliphatic rings. The summed E-state index contributed by atoms with van der Waals surface area (Å²) >= 11 is 1.16. The molecular weight excluding hydrogens is 601 g/mol. The maximum absolute atomic E-state index is 15.3. The average molecular weight is 634 g/mol. The summed E-state index contributed by atoms with van der Waals surface area (Å²) in [5.41, 5.74) is -2.26. The van der Waals surface area contributed by atoms with Crippen LogP contribution in [0.5, 0.6) is 0 Å². The Morgan fingerprint density at radius 2 is 1.75 bits per heavy atom. The van der Waals surface area contributed by atoms with Gasteiger partial charge in [0.25, 0.3) is 0 Å². The number of hydrogen-bond donors (Lipinski definition) is 0. The Balaban J connectivity index is 1.63. The fourth-order valence-corrected chi connectivity index (χ4v) is 8.33. The Morgan fingerprint density at radius 3 is 2.36 bits per heavy atom. The highest BCUT2D eigenvalue weighted by molar-refractivity contribution is 7.99. The van der Waals surface area contributed by atoms with Gasteiger partial charge >= 0.3 is 11.9 Å². The molecule has 2 saturated heterocycles. The summed E-state index contributed by atoms with van der Waals surface area (Å²) in [6, 6.07) is 2.62. The van der Waals surface area contributed by atoms with Gasteiger partial charge in [0.15, 0.2) is 0 Å². The number of halogens is 5. The highest BCUT2D eigenvalue weighted by atomic mass is 32.2. The summed E-state index contributed by atoms with van der Waals surface area (Å²) < 4.78 is 75.4. The van der Waals surface area contributed by atoms with Gasteiger partial charge in [-0.3, -0.25) is 14.3 Å². The van der Waals surface area contributed by atoms with E-state index in [1.165, 1.54) is 10.6 Å². The molecule has 0 spiro atoms. The standard InChI is InChI=1S/C31H32F5N5O2S/c1-4-25(42)41-17(2)13-39(14-18(41)3)29-22-12-23(31(34,35)36)26(21-8-7-19(32)11-24(21)33)28-27(22)40(30(43)37-29)15-20(16-44-28)38-9-5-6-10-38/h4,7-8,11-12,17-18,20H,1,5-6,9-10,13-16H2,2-3H3/t17-,18+,20?. The molecule has 1 aromatic heterocycles. The van der Waals surface area contributed by atoms with E-state index in [1.54, 1.807) is 9.80 Å². The van der Waals surface area contributed by atoms with Crippen molar-refractivity contribution in [3.63, 3.8) is 0 Å². The van der Waals surface area contributed by atoms with Crippen LogP contribution in [0.4, 0.5) is 27.8 Å². The Morgan fingerprint density at radius 1 is 1.07 bits per heavy atom. The minimum absolute atomic E-state index is 0.0868. The van der Waals surface area contributed by atoms with Crippen LogP contribution >= 0.6 is 11.8 Å². The molecule has 7 nitrogen and oxygen atoms in total. The molecule has 234 valence electrons. The van der Waals surface area contributed by atoms with Gasteiger partial charge in [-0.25, -0.2) is 13.6 Å². The molecule has 2 aromatic carbocycles. The molecule has 3 atom stereocenters. The number of nitrogens with zero attached hydrogens (tertiary/aromatic N) is 5. The Hall–Kier alpha value is -3.45. The summed E-state index contributed by atoms with van der Waals surface area (Å²) in [5, 5.41) is 0.121. The fourth-order valence-electron chi connectivity index (χ4n) is 6.93. The zero-order valence-electron chi connectivity index (χ0n) is 24.3. The summed E-state index contributed by atoms with van der Waals surface area (Å²) in [6.07, 6.45) is -1.72. The second-order valence-electron chi connectivity index (χ2n) is 11.7. The molecule has 1 amide bonds. The van der Waals surface area contributed by atoms with Gasteiger partial charge in [0.05, 0.1) is 11.1 Å². The molecule has 13 heteroatoms. The van der Waals surface area contributed by atoms with E-state index in [9.17, 15) is 27.2 Å². The third kappa shape index (κ3) is 5.27. The number of aromatic nitrogens is 2. The Kier molecular flexibility index (Phi) is 7.98. The second kappa shape index (κ2) is 11.5. The second-order valence-corrected chi connectivity index (χ2v) is 12.8. The van der Waals surface area contributed by atoms with Gasteiger partial charge in [0.2, 0.25) is 5.91 Å². The number of anilines is 1. The van der Waals surface area contributed by atoms with Crippen molar-refractivity contribution in [1.82, 2.24) is 19.4 Å². The molecule has 0 saturated carbocycles. The van der Waals surface area contributed by atoms with Gasteiger partial charge < -0.3 is 9.80 Å². The molecule has 1 unspecified atom stereocenters. The van der Waals surface area contributed by atoms with Crippen LogP contribution in [0.15, 0.2) is 46.6 Å². The predicted octanol–water partition coefficient (Wildman–Crippen LogP) is 5.54. The molecule has 0 N–H and O–H groups in total. The zero-order valence-corrected chi connectivity index (χ0v) is 25.1. The van der Waals surface area contributed by atoms with Crippen LogP contribution in [-0.4, -0.2) is 75.3 Å². The van der Waals surface area contributed by atoms with Gasteiger partial charge in [-0.1, -0.05) is 6.58 Å². The van der Waals surface area contributed by atoms with Crippen molar-refractivity contribution >= 4 is 34.4 Å². The SMILES string of the molecule is C=CC(=O)N1[C@H](C)CN(c2nc(=O)n3c4c(c(-c5ccc(F)cc5F)c(C(F)(F)F)cc24)SCC(N2CCCC2)C3)C[C@@H]1C. The summed E-state index contributed by atoms with van der Waals surface area (Å²) in [5.74, 6) is -1.83. The summed E-state index contributed by atoms with van der Waals surface area (Å²) in [6.45, 7) is 9.49. The molecule has 0 radical (unpaired) electrons. The molecule has 3 aliphatic heterocycles. The third-order valence-corrected chi connectivity index (χ3v) is 10.1. The first kappa shape index (κ1) is 30.6. The highest BCUT2D eigenvalue weighted by Gasteiger charge is 2.40. The van der Waals surface area contributed by atoms with Crippen molar-refractivity contribution in [2.24, 2.45) is 0 Å². The topological polar surface area (TPSA) is 61.7 Å². The number of benzene rings is 2. The first-order valence-electron chi connectivity index (χ1n) is 14.6. The summed E-state index contributed by atoms with van der Waals surface area (Å²) in [4.78, 5) is 36.5. The molecule has 44 heavy (non-hydrogen) atoms. The van der Waals surface area contributed by atoms with E-state index in [2.05, 4.69) is 16.5 Å². The number of carbonyl (C=O) groups is 1. The van der Waals surface area contributed by atoms with Crippen molar-refractivity contribution in [2.75, 3.05) is 36.8 Å². The molecule has 4 heterocycles. The van der Waals surface area contributed by atoms with Crippen LogP contribution in [0, 0.1) is 11.6 Å². The van der Waals surface area contributed by atoms with Crippen LogP contribution in [0.2, 0.25) is 0 Å². The van der Waals surface area contributed by atoms with Crippen molar-refractivity contribution in [3.05, 3.63) is 64.6 Å². The molecule has 2 fully saturated rings. The van der Waals surface area contributed by atoms with Crippen molar-refractivity contribution in [3.8, 4) is 11.1 Å². The van der Waals surface area contributed by atoms with E-state index in [-0.39, 0.29) is 70.8 Å². The van der Waals surface area contributed by atoms with Gasteiger partial charge in [-0.15, -0.1) is 11.8 Å². The van der Waals surface area contributed by atoms with E-state index in [1.807, 2.05) is 13.8 Å². The number of piperazine rings is 1. The van der Waals surface area contributed by atoms with Crippen molar-refractivity contribution in [1.29, 1.82) is 0 Å². The number of hydrogen-bond acceptors (Lipinski definition) is 6. The normalized spacial score (nSPS) is 22.8. The van der Waals surface area contributed by atoms with Crippen LogP contribution < -0.4 is 10.6 Å². The average Bonchev–Trinajstić information content (AvgIpc) is 3.42. The maximum Gasteiger partial charge on any atom is 0.417 e. The smallest absolute Gasteiger partial charge is 0.352 e. The van der Waals surface area contributed by atoms with E-state index in [0.717, 1.165) is 55.9 Å². The Labute approximate surface area is 255 Å². The number of likely N-dealkylation sites (tertiary alicyclic amines) is 1. The molecule has 3 aromatic rings. The van der Waals surface area contributed by atoms with Gasteiger partial charge in [0, 0.05) is 71.0 Å². The Bertz CT molecular complexity index is 1690. The number of alkyl halides is 3. The van der Waals surface area contributed by atoms with Crippen LogP contribution in [0.3, 0.4) is 0 Å². The lowest BCUT2D eigenvalue weighted by Crippen LogP contribution is -2.58. The lowest BCUT2D eigenvalue weighted by molar-refractivity contribution is -0.137. The fraction of sp³-hybridized carbons (Fsp3) is 0.452. The first-order chi connectivity index (χ1) is 20.9. The number of rotatable bonds is 4.